The first kappa shape index (κ1) is 11.1. The predicted molar refractivity (Wildman–Crippen MR) is 60.8 cm³/mol. The Balaban J connectivity index is 1.72. The van der Waals surface area contributed by atoms with Crippen molar-refractivity contribution < 1.29 is 4.74 Å². The minimum absolute atomic E-state index is 0.545. The molecule has 84 valence electrons. The third kappa shape index (κ3) is 3.04. The van der Waals surface area contributed by atoms with Crippen molar-refractivity contribution in [3.8, 4) is 0 Å². The Hall–Kier alpha value is -1.40. The minimum Gasteiger partial charge on any atom is -0.366 e. The molecule has 0 N–H and O–H groups in total. The molecule has 0 aliphatic heterocycles. The Bertz CT molecular complexity index is 431. The van der Waals surface area contributed by atoms with Crippen LogP contribution in [-0.4, -0.2) is 26.1 Å². The van der Waals surface area contributed by atoms with E-state index in [9.17, 15) is 0 Å². The molecule has 0 fully saturated rings. The van der Waals surface area contributed by atoms with E-state index in [0.29, 0.717) is 12.5 Å². The van der Waals surface area contributed by atoms with Crippen LogP contribution in [0.5, 0.6) is 0 Å². The number of benzene rings is 1. The van der Waals surface area contributed by atoms with Crippen LogP contribution in [0.2, 0.25) is 0 Å². The summed E-state index contributed by atoms with van der Waals surface area (Å²) in [6.07, 6.45) is 0. The smallest absolute Gasteiger partial charge is 0.211 e. The number of nitrogens with zero attached hydrogens (tertiary/aromatic N) is 4. The van der Waals surface area contributed by atoms with Crippen LogP contribution in [0.25, 0.3) is 0 Å². The highest BCUT2D eigenvalue weighted by molar-refractivity contribution is 7.99. The van der Waals surface area contributed by atoms with Gasteiger partial charge < -0.3 is 4.74 Å². The van der Waals surface area contributed by atoms with E-state index in [1.54, 1.807) is 11.7 Å². The number of aromatic nitrogens is 4. The largest absolute Gasteiger partial charge is 0.366 e. The van der Waals surface area contributed by atoms with Crippen molar-refractivity contribution >= 4 is 11.8 Å². The molecule has 1 aromatic carbocycles. The van der Waals surface area contributed by atoms with Gasteiger partial charge in [-0.1, -0.05) is 42.1 Å². The van der Waals surface area contributed by atoms with Gasteiger partial charge in [0, 0.05) is 7.05 Å². The Morgan fingerprint density at radius 2 is 2.12 bits per heavy atom. The average Bonchev–Trinajstić information content (AvgIpc) is 2.72. The fourth-order valence-corrected chi connectivity index (χ4v) is 1.76. The summed E-state index contributed by atoms with van der Waals surface area (Å²) in [4.78, 5) is 0. The van der Waals surface area contributed by atoms with Crippen molar-refractivity contribution in [1.29, 1.82) is 0 Å². The normalized spacial score (nSPS) is 10.6. The van der Waals surface area contributed by atoms with E-state index in [1.807, 2.05) is 30.3 Å². The quantitative estimate of drug-likeness (QED) is 0.447. The lowest BCUT2D eigenvalue weighted by atomic mass is 10.2. The van der Waals surface area contributed by atoms with Crippen LogP contribution in [0, 0.1) is 0 Å². The molecule has 0 bridgehead atoms. The van der Waals surface area contributed by atoms with Gasteiger partial charge in [0.05, 0.1) is 6.61 Å². The topological polar surface area (TPSA) is 52.8 Å². The summed E-state index contributed by atoms with van der Waals surface area (Å²) in [5, 5.41) is 11.9. The second-order valence-corrected chi connectivity index (χ2v) is 4.07. The molecule has 6 heteroatoms. The molecule has 1 heterocycles. The number of aryl methyl sites for hydroxylation is 1. The van der Waals surface area contributed by atoms with Gasteiger partial charge >= 0.3 is 0 Å². The third-order valence-electron chi connectivity index (χ3n) is 1.96. The maximum Gasteiger partial charge on any atom is 0.211 e. The summed E-state index contributed by atoms with van der Waals surface area (Å²) in [5.41, 5.74) is 1.17. The van der Waals surface area contributed by atoms with E-state index < -0.39 is 0 Å². The standard InChI is InChI=1S/C10H12N4OS/c1-14-10(11-12-13-14)16-8-15-7-9-5-3-2-4-6-9/h2-6H,7-8H2,1H3. The molecular formula is C10H12N4OS. The van der Waals surface area contributed by atoms with Gasteiger partial charge in [0.15, 0.2) is 0 Å². The number of thioether (sulfide) groups is 1. The van der Waals surface area contributed by atoms with Gasteiger partial charge in [0.1, 0.15) is 5.94 Å². The zero-order valence-electron chi connectivity index (χ0n) is 8.91. The van der Waals surface area contributed by atoms with Gasteiger partial charge in [-0.2, -0.15) is 0 Å². The highest BCUT2D eigenvalue weighted by atomic mass is 32.2. The van der Waals surface area contributed by atoms with Crippen LogP contribution in [0.3, 0.4) is 0 Å². The number of rotatable bonds is 5. The van der Waals surface area contributed by atoms with E-state index in [-0.39, 0.29) is 0 Å². The van der Waals surface area contributed by atoms with Crippen molar-refractivity contribution in [2.45, 2.75) is 11.8 Å². The summed E-state index contributed by atoms with van der Waals surface area (Å²) in [6.45, 7) is 0.610. The van der Waals surface area contributed by atoms with Gasteiger partial charge in [-0.05, 0) is 16.0 Å². The number of tetrazole rings is 1. The zero-order valence-corrected chi connectivity index (χ0v) is 9.72. The predicted octanol–water partition coefficient (Wildman–Crippen LogP) is 1.48. The van der Waals surface area contributed by atoms with Crippen LogP contribution in [-0.2, 0) is 18.4 Å². The lowest BCUT2D eigenvalue weighted by Gasteiger charge is -2.02. The Morgan fingerprint density at radius 3 is 2.81 bits per heavy atom. The molecule has 0 aliphatic carbocycles. The van der Waals surface area contributed by atoms with Gasteiger partial charge in [0.25, 0.3) is 0 Å². The van der Waals surface area contributed by atoms with Gasteiger partial charge in [-0.15, -0.1) is 5.10 Å². The fraction of sp³-hybridized carbons (Fsp3) is 0.300. The van der Waals surface area contributed by atoms with E-state index in [4.69, 9.17) is 4.74 Å². The van der Waals surface area contributed by atoms with Crippen LogP contribution in [0.15, 0.2) is 35.5 Å². The molecule has 0 radical (unpaired) electrons. The summed E-state index contributed by atoms with van der Waals surface area (Å²) in [7, 11) is 1.81. The average molecular weight is 236 g/mol. The summed E-state index contributed by atoms with van der Waals surface area (Å²) >= 11 is 1.48. The molecule has 0 saturated heterocycles. The van der Waals surface area contributed by atoms with E-state index in [1.165, 1.54) is 17.3 Å². The molecule has 2 aromatic rings. The minimum atomic E-state index is 0.545. The molecular weight excluding hydrogens is 224 g/mol. The van der Waals surface area contributed by atoms with Crippen LogP contribution >= 0.6 is 11.8 Å². The first-order valence-corrected chi connectivity index (χ1v) is 5.81. The highest BCUT2D eigenvalue weighted by Gasteiger charge is 2.01. The number of hydrogen-bond donors (Lipinski definition) is 0. The fourth-order valence-electron chi connectivity index (χ4n) is 1.17. The molecule has 2 rings (SSSR count). The summed E-state index contributed by atoms with van der Waals surface area (Å²) in [6, 6.07) is 10.1. The second-order valence-electron chi connectivity index (χ2n) is 3.18. The molecule has 1 aromatic heterocycles. The van der Waals surface area contributed by atoms with Crippen molar-refractivity contribution in [1.82, 2.24) is 20.2 Å². The Kier molecular flexibility index (Phi) is 3.90. The van der Waals surface area contributed by atoms with E-state index in [0.717, 1.165) is 5.16 Å². The van der Waals surface area contributed by atoms with Crippen molar-refractivity contribution in [2.75, 3.05) is 5.94 Å². The highest BCUT2D eigenvalue weighted by Crippen LogP contribution is 2.13. The maximum atomic E-state index is 5.50. The van der Waals surface area contributed by atoms with E-state index >= 15 is 0 Å². The van der Waals surface area contributed by atoms with Gasteiger partial charge in [-0.25, -0.2) is 4.68 Å². The van der Waals surface area contributed by atoms with Crippen molar-refractivity contribution in [3.63, 3.8) is 0 Å². The Labute approximate surface area is 97.8 Å². The summed E-state index contributed by atoms with van der Waals surface area (Å²) in [5.74, 6) is 0.545. The molecule has 5 nitrogen and oxygen atoms in total. The van der Waals surface area contributed by atoms with Crippen LogP contribution < -0.4 is 0 Å². The molecule has 16 heavy (non-hydrogen) atoms. The summed E-state index contributed by atoms with van der Waals surface area (Å²) < 4.78 is 7.12. The van der Waals surface area contributed by atoms with Crippen LogP contribution in [0.1, 0.15) is 5.56 Å². The number of ether oxygens (including phenoxy) is 1. The molecule has 0 spiro atoms. The van der Waals surface area contributed by atoms with Crippen LogP contribution in [0.4, 0.5) is 0 Å². The van der Waals surface area contributed by atoms with Gasteiger partial charge in [-0.3, -0.25) is 0 Å². The zero-order chi connectivity index (χ0) is 11.2. The maximum absolute atomic E-state index is 5.50. The van der Waals surface area contributed by atoms with E-state index in [2.05, 4.69) is 15.5 Å². The monoisotopic (exact) mass is 236 g/mol. The molecule has 0 aliphatic rings. The number of hydrogen-bond acceptors (Lipinski definition) is 5. The lowest BCUT2D eigenvalue weighted by Crippen LogP contribution is -1.96. The van der Waals surface area contributed by atoms with Crippen molar-refractivity contribution in [2.24, 2.45) is 7.05 Å². The first-order chi connectivity index (χ1) is 7.86. The Morgan fingerprint density at radius 1 is 1.31 bits per heavy atom. The SMILES string of the molecule is Cn1nnnc1SCOCc1ccccc1. The first-order valence-electron chi connectivity index (χ1n) is 4.83. The van der Waals surface area contributed by atoms with Crippen molar-refractivity contribution in [3.05, 3.63) is 35.9 Å². The molecule has 0 unspecified atom stereocenters. The lowest BCUT2D eigenvalue weighted by molar-refractivity contribution is 0.169. The third-order valence-corrected chi connectivity index (χ3v) is 2.85. The molecule has 0 amide bonds. The van der Waals surface area contributed by atoms with Gasteiger partial charge in [0.2, 0.25) is 5.16 Å². The second kappa shape index (κ2) is 5.62. The molecule has 0 saturated carbocycles. The molecule has 0 atom stereocenters.